The predicted molar refractivity (Wildman–Crippen MR) is 327 cm³/mol. The molecule has 11 atom stereocenters. The van der Waals surface area contributed by atoms with Crippen LogP contribution in [0.2, 0.25) is 0 Å². The second kappa shape index (κ2) is 28.4. The van der Waals surface area contributed by atoms with Crippen molar-refractivity contribution >= 4 is 79.7 Å². The molecule has 4 N–H and O–H groups in total. The molecule has 0 bridgehead atoms. The molecule has 468 valence electrons. The normalized spacial score (nSPS) is 27.9. The average Bonchev–Trinajstić information content (AvgIpc) is 3.06. The minimum Gasteiger partial charge on any atom is -0.480 e. The van der Waals surface area contributed by atoms with Crippen LogP contribution in [0.25, 0.3) is 10.2 Å². The third kappa shape index (κ3) is 15.1. The van der Waals surface area contributed by atoms with Crippen molar-refractivity contribution in [1.29, 1.82) is 0 Å². The molecule has 19 nitrogen and oxygen atoms in total. The van der Waals surface area contributed by atoms with Crippen molar-refractivity contribution in [2.24, 2.45) is 56.7 Å². The van der Waals surface area contributed by atoms with E-state index in [0.29, 0.717) is 116 Å². The first-order valence-corrected chi connectivity index (χ1v) is 32.6. The van der Waals surface area contributed by atoms with Gasteiger partial charge in [0.15, 0.2) is 17.6 Å². The van der Waals surface area contributed by atoms with E-state index in [4.69, 9.17) is 18.9 Å². The van der Waals surface area contributed by atoms with Gasteiger partial charge < -0.3 is 49.6 Å². The van der Waals surface area contributed by atoms with E-state index in [1.165, 1.54) is 65.0 Å². The lowest BCUT2D eigenvalue weighted by Crippen LogP contribution is -2.58. The molecular weight excluding hydrogens is 1120 g/mol. The number of ketones is 2. The zero-order valence-corrected chi connectivity index (χ0v) is 53.3. The third-order valence-corrected chi connectivity index (χ3v) is 22.6. The largest absolute Gasteiger partial charge is 0.480 e. The van der Waals surface area contributed by atoms with Crippen molar-refractivity contribution in [3.8, 4) is 5.75 Å². The van der Waals surface area contributed by atoms with Gasteiger partial charge in [0.1, 0.15) is 15.8 Å². The molecule has 21 heteroatoms. The minimum atomic E-state index is -0.996. The summed E-state index contributed by atoms with van der Waals surface area (Å²) in [5.74, 6) is 1.68. The van der Waals surface area contributed by atoms with Crippen molar-refractivity contribution in [1.82, 2.24) is 25.4 Å². The zero-order valence-electron chi connectivity index (χ0n) is 51.7. The number of carbonyl (C=O) groups is 7. The minimum absolute atomic E-state index is 0.0377. The fourth-order valence-electron chi connectivity index (χ4n) is 15.4. The van der Waals surface area contributed by atoms with Gasteiger partial charge in [0.2, 0.25) is 17.7 Å². The standard InChI is InChI=1S/C64H92N6O13S2/c1-37(44-14-15-45-54-46(19-22-64(44,45)8)63(7)21-18-42(80-10)32-41(63)33-49(54)71)12-17-51(72)65-23-11-24-66-52(73)20-28-81-30-31-82-29-27-70(26-25-69(9)53(74)35-62(5,6)55-40(4)56(75)38(2)39(3)57(55)76)61(79)83-43-13-16-47-50(34-43)85-59(67-47)58-68-48(36-84-58)60(77)78/h13,16,34,37,41-42,44-46,48-49,54,71H,11-12,14-15,17-33,35-36H2,1-10H3,(H,65,72)(H,66,73)(H,77,78)/t37-,41+,42-,44-,45+,46+,48?,49-,54+,63+,64-/m0/s1. The molecule has 4 fully saturated rings. The second-order valence-corrected chi connectivity index (χ2v) is 28.1. The molecule has 2 aromatic rings. The van der Waals surface area contributed by atoms with Crippen molar-refractivity contribution in [2.75, 3.05) is 79.1 Å². The number of Topliss-reactive ketones (excluding diaryl/α,β-unsaturated/α-hetero) is 2. The molecule has 0 radical (unpaired) electrons. The van der Waals surface area contributed by atoms with Crippen molar-refractivity contribution in [3.63, 3.8) is 0 Å². The van der Waals surface area contributed by atoms with Gasteiger partial charge in [-0.05, 0) is 143 Å². The Bertz CT molecular complexity index is 2920. The number of carboxylic acids is 1. The number of thioether (sulfide) groups is 1. The first kappa shape index (κ1) is 65.9. The molecular formula is C64H92N6O13S2. The molecule has 1 aliphatic heterocycles. The molecule has 0 saturated heterocycles. The van der Waals surface area contributed by atoms with Crippen LogP contribution in [0.1, 0.15) is 144 Å². The Morgan fingerprint density at radius 2 is 1.53 bits per heavy atom. The fraction of sp³-hybridized carbons (Fsp3) is 0.703. The summed E-state index contributed by atoms with van der Waals surface area (Å²) in [4.78, 5) is 103. The number of allylic oxidation sites excluding steroid dienone is 4. The third-order valence-electron chi connectivity index (χ3n) is 20.4. The van der Waals surface area contributed by atoms with Crippen LogP contribution in [0.15, 0.2) is 45.5 Å². The number of ether oxygens (including phenoxy) is 4. The van der Waals surface area contributed by atoms with Crippen LogP contribution in [-0.4, -0.2) is 169 Å². The number of likely N-dealkylation sites (N-methyl/N-ethyl adjacent to an activating group) is 1. The number of amides is 4. The lowest BCUT2D eigenvalue weighted by atomic mass is 9.43. The Morgan fingerprint density at radius 1 is 0.847 bits per heavy atom. The molecule has 5 aliphatic carbocycles. The number of rotatable bonds is 27. The summed E-state index contributed by atoms with van der Waals surface area (Å²) in [6.07, 6.45) is 10.4. The molecule has 1 aromatic carbocycles. The van der Waals surface area contributed by atoms with Gasteiger partial charge in [-0.1, -0.05) is 34.6 Å². The summed E-state index contributed by atoms with van der Waals surface area (Å²) in [6, 6.07) is 4.18. The number of aliphatic carboxylic acids is 1. The Morgan fingerprint density at radius 3 is 2.24 bits per heavy atom. The molecule has 2 heterocycles. The van der Waals surface area contributed by atoms with Crippen LogP contribution < -0.4 is 15.4 Å². The van der Waals surface area contributed by atoms with Gasteiger partial charge >= 0.3 is 12.1 Å². The van der Waals surface area contributed by atoms with Crippen molar-refractivity contribution in [3.05, 3.63) is 45.5 Å². The fourth-order valence-corrected chi connectivity index (χ4v) is 17.4. The summed E-state index contributed by atoms with van der Waals surface area (Å²) in [7, 11) is 3.44. The molecule has 8 rings (SSSR count). The Balaban J connectivity index is 0.727. The molecule has 6 aliphatic rings. The maximum absolute atomic E-state index is 13.9. The van der Waals surface area contributed by atoms with Crippen LogP contribution in [0.5, 0.6) is 5.75 Å². The van der Waals surface area contributed by atoms with Gasteiger partial charge in [0.25, 0.3) is 0 Å². The van der Waals surface area contributed by atoms with Crippen LogP contribution in [-0.2, 0) is 43.0 Å². The highest BCUT2D eigenvalue weighted by molar-refractivity contribution is 8.15. The molecule has 0 spiro atoms. The van der Waals surface area contributed by atoms with E-state index < -0.39 is 23.5 Å². The molecule has 4 amide bonds. The second-order valence-electron chi connectivity index (χ2n) is 26.1. The summed E-state index contributed by atoms with van der Waals surface area (Å²) in [5.41, 5.74) is 1.60. The summed E-state index contributed by atoms with van der Waals surface area (Å²) >= 11 is 2.64. The molecule has 4 saturated carbocycles. The lowest BCUT2D eigenvalue weighted by molar-refractivity contribution is -0.176. The van der Waals surface area contributed by atoms with Crippen LogP contribution >= 0.6 is 23.1 Å². The Hall–Kier alpha value is -5.06. The van der Waals surface area contributed by atoms with Gasteiger partial charge in [-0.15, -0.1) is 23.1 Å². The van der Waals surface area contributed by atoms with Gasteiger partial charge in [0, 0.05) is 106 Å². The number of benzene rings is 1. The quantitative estimate of drug-likeness (QED) is 0.0482. The number of carbonyl (C=O) groups excluding carboxylic acids is 6. The number of carboxylic acid groups (broad SMARTS) is 1. The SMILES string of the molecule is CO[C@H]1CC[C@]2(C)[C@H](C1)C[C@H](O)[C@H]1[C@H]2CC[C@]2(C)[C@@H]1CC[C@H]2[C@@H](C)CCC(=O)NCCCNC(=O)CCOCCOCCN(CCN(C)C(=O)CC(C)(C)C1=C(C)C(=O)C(C)=C(C)C1=O)C(=O)Oc1ccc2nc(C3=NC(C(=O)O)CS3)sc2c1. The summed E-state index contributed by atoms with van der Waals surface area (Å²) in [6.45, 7) is 17.6. The molecule has 1 aromatic heterocycles. The van der Waals surface area contributed by atoms with E-state index in [-0.39, 0.29) is 111 Å². The number of methoxy groups -OCH3 is 1. The number of aliphatic hydroxyl groups excluding tert-OH is 1. The maximum atomic E-state index is 13.9. The first-order chi connectivity index (χ1) is 40.4. The topological polar surface area (TPSA) is 253 Å². The van der Waals surface area contributed by atoms with Crippen molar-refractivity contribution in [2.45, 2.75) is 157 Å². The predicted octanol–water partition coefficient (Wildman–Crippen LogP) is 8.83. The summed E-state index contributed by atoms with van der Waals surface area (Å²) in [5, 5.41) is 28.2. The number of aliphatic hydroxyl groups is 1. The number of aromatic nitrogens is 1. The maximum Gasteiger partial charge on any atom is 0.415 e. The summed E-state index contributed by atoms with van der Waals surface area (Å²) < 4.78 is 23.9. The number of aliphatic imine (C=N–C) groups is 1. The smallest absolute Gasteiger partial charge is 0.415 e. The number of nitrogens with one attached hydrogen (secondary N) is 2. The van der Waals surface area contributed by atoms with E-state index in [2.05, 4.69) is 41.4 Å². The van der Waals surface area contributed by atoms with E-state index in [1.54, 1.807) is 59.9 Å². The van der Waals surface area contributed by atoms with E-state index in [9.17, 15) is 43.8 Å². The van der Waals surface area contributed by atoms with Crippen LogP contribution in [0.3, 0.4) is 0 Å². The highest BCUT2D eigenvalue weighted by atomic mass is 32.2. The van der Waals surface area contributed by atoms with Crippen LogP contribution in [0, 0.1) is 51.8 Å². The number of nitrogens with zero attached hydrogens (tertiary/aromatic N) is 4. The zero-order chi connectivity index (χ0) is 61.5. The van der Waals surface area contributed by atoms with E-state index in [1.807, 2.05) is 7.11 Å². The number of hydrogen-bond acceptors (Lipinski definition) is 16. The lowest BCUT2D eigenvalue weighted by Gasteiger charge is -2.62. The Labute approximate surface area is 509 Å². The monoisotopic (exact) mass is 1220 g/mol. The molecule has 85 heavy (non-hydrogen) atoms. The van der Waals surface area contributed by atoms with Gasteiger partial charge in [-0.3, -0.25) is 29.0 Å². The van der Waals surface area contributed by atoms with Gasteiger partial charge in [-0.25, -0.2) is 14.6 Å². The van der Waals surface area contributed by atoms with Gasteiger partial charge in [0.05, 0.1) is 48.9 Å². The highest BCUT2D eigenvalue weighted by Gasteiger charge is 2.63. The van der Waals surface area contributed by atoms with Crippen LogP contribution in [0.4, 0.5) is 4.79 Å². The first-order valence-electron chi connectivity index (χ1n) is 30.8. The van der Waals surface area contributed by atoms with E-state index >= 15 is 0 Å². The Kier molecular flexibility index (Phi) is 22.0. The number of hydrogen-bond donors (Lipinski definition) is 4. The van der Waals surface area contributed by atoms with Gasteiger partial charge in [-0.2, -0.15) is 0 Å². The highest BCUT2D eigenvalue weighted by Crippen LogP contribution is 2.68. The van der Waals surface area contributed by atoms with E-state index in [0.717, 1.165) is 25.7 Å². The number of fused-ring (bicyclic) bond motifs is 6. The average molecular weight is 1220 g/mol. The molecule has 1 unspecified atom stereocenters. The van der Waals surface area contributed by atoms with Crippen molar-refractivity contribution < 1.29 is 62.7 Å². The number of thiazole rings is 1.